The molecule has 0 aliphatic carbocycles. The second-order valence-electron chi connectivity index (χ2n) is 8.39. The average Bonchev–Trinajstić information content (AvgIpc) is 3.38. The Morgan fingerprint density at radius 2 is 1.68 bits per heavy atom. The third kappa shape index (κ3) is 3.54. The van der Waals surface area contributed by atoms with Crippen molar-refractivity contribution in [2.45, 2.75) is 25.4 Å². The maximum absolute atomic E-state index is 13.4. The summed E-state index contributed by atoms with van der Waals surface area (Å²) in [5, 5.41) is 1.18. The Hall–Kier alpha value is -3.98. The number of imide groups is 1. The van der Waals surface area contributed by atoms with Gasteiger partial charge in [-0.2, -0.15) is 0 Å². The van der Waals surface area contributed by atoms with Crippen molar-refractivity contribution in [3.05, 3.63) is 64.8 Å². The maximum Gasteiger partial charge on any atom is 0.337 e. The molecule has 1 saturated heterocycles. The second-order valence-corrected chi connectivity index (χ2v) is 8.39. The van der Waals surface area contributed by atoms with Crippen LogP contribution in [0.1, 0.15) is 38.4 Å². The molecule has 34 heavy (non-hydrogen) atoms. The van der Waals surface area contributed by atoms with Gasteiger partial charge >= 0.3 is 11.9 Å². The van der Waals surface area contributed by atoms with E-state index >= 15 is 0 Å². The molecule has 2 amide bonds. The van der Waals surface area contributed by atoms with Crippen LogP contribution in [0.25, 0.3) is 10.9 Å². The van der Waals surface area contributed by atoms with E-state index in [0.29, 0.717) is 13.1 Å². The molecule has 1 N–H and O–H groups in total. The van der Waals surface area contributed by atoms with E-state index in [0.717, 1.165) is 22.5 Å². The molecule has 1 atom stereocenters. The largest absolute Gasteiger partial charge is 0.465 e. The Kier molecular flexibility index (Phi) is 5.41. The molecule has 1 fully saturated rings. The normalized spacial score (nSPS) is 18.3. The molecule has 0 spiro atoms. The zero-order valence-corrected chi connectivity index (χ0v) is 18.8. The Labute approximate surface area is 195 Å². The number of hydrogen-bond donors (Lipinski definition) is 1. The van der Waals surface area contributed by atoms with Crippen molar-refractivity contribution in [3.63, 3.8) is 0 Å². The highest BCUT2D eigenvalue weighted by molar-refractivity contribution is 6.23. The number of rotatable bonds is 4. The number of carbonyl (C=O) groups excluding carboxylic acids is 4. The highest BCUT2D eigenvalue weighted by Gasteiger charge is 2.44. The number of benzene rings is 2. The van der Waals surface area contributed by atoms with E-state index in [1.807, 2.05) is 23.1 Å². The molecule has 9 nitrogen and oxygen atoms in total. The van der Waals surface area contributed by atoms with E-state index in [9.17, 15) is 19.2 Å². The van der Waals surface area contributed by atoms with Crippen molar-refractivity contribution in [1.82, 2.24) is 9.88 Å². The fourth-order valence-corrected chi connectivity index (χ4v) is 4.86. The van der Waals surface area contributed by atoms with Gasteiger partial charge < -0.3 is 14.5 Å². The molecule has 2 aliphatic heterocycles. The number of nitrogens with one attached hydrogen (secondary N) is 1. The Morgan fingerprint density at radius 3 is 2.35 bits per heavy atom. The molecule has 3 aromatic rings. The van der Waals surface area contributed by atoms with Crippen LogP contribution in [0.3, 0.4) is 0 Å². The van der Waals surface area contributed by atoms with Crippen LogP contribution in [0.5, 0.6) is 0 Å². The summed E-state index contributed by atoms with van der Waals surface area (Å²) >= 11 is 0. The average molecular weight is 461 g/mol. The summed E-state index contributed by atoms with van der Waals surface area (Å²) in [6, 6.07) is 11.5. The van der Waals surface area contributed by atoms with Gasteiger partial charge in [0.1, 0.15) is 0 Å². The van der Waals surface area contributed by atoms with Crippen LogP contribution < -0.4 is 4.90 Å². The molecule has 174 valence electrons. The van der Waals surface area contributed by atoms with E-state index < -0.39 is 23.9 Å². The molecular formula is C25H23N3O6. The predicted octanol–water partition coefficient (Wildman–Crippen LogP) is 2.43. The number of nitrogens with zero attached hydrogens (tertiary/aromatic N) is 2. The van der Waals surface area contributed by atoms with Gasteiger partial charge in [0.25, 0.3) is 5.91 Å². The minimum atomic E-state index is -0.690. The number of carbonyl (C=O) groups is 4. The summed E-state index contributed by atoms with van der Waals surface area (Å²) in [4.78, 5) is 57.1. The summed E-state index contributed by atoms with van der Waals surface area (Å²) in [6.45, 7) is 1.17. The topological polar surface area (TPSA) is 109 Å². The van der Waals surface area contributed by atoms with Crippen molar-refractivity contribution >= 4 is 40.3 Å². The number of methoxy groups -OCH3 is 2. The minimum absolute atomic E-state index is 0.0183. The van der Waals surface area contributed by atoms with Gasteiger partial charge in [-0.3, -0.25) is 14.5 Å². The first-order valence-corrected chi connectivity index (χ1v) is 10.9. The Bertz CT molecular complexity index is 1310. The summed E-state index contributed by atoms with van der Waals surface area (Å²) in [6.07, 6.45) is 0.784. The van der Waals surface area contributed by atoms with Crippen LogP contribution in [-0.2, 0) is 32.0 Å². The van der Waals surface area contributed by atoms with Crippen molar-refractivity contribution in [1.29, 1.82) is 0 Å². The monoisotopic (exact) mass is 461 g/mol. The highest BCUT2D eigenvalue weighted by Crippen LogP contribution is 2.33. The van der Waals surface area contributed by atoms with E-state index in [1.165, 1.54) is 43.4 Å². The number of anilines is 1. The fourth-order valence-electron chi connectivity index (χ4n) is 4.86. The number of para-hydroxylation sites is 1. The van der Waals surface area contributed by atoms with E-state index in [1.54, 1.807) is 0 Å². The summed E-state index contributed by atoms with van der Waals surface area (Å²) in [5.41, 5.74) is 3.58. The van der Waals surface area contributed by atoms with Crippen LogP contribution >= 0.6 is 0 Å². The van der Waals surface area contributed by atoms with Crippen molar-refractivity contribution in [2.24, 2.45) is 0 Å². The van der Waals surface area contributed by atoms with E-state index in [-0.39, 0.29) is 29.1 Å². The first-order valence-electron chi connectivity index (χ1n) is 10.9. The summed E-state index contributed by atoms with van der Waals surface area (Å²) in [7, 11) is 2.42. The molecule has 0 saturated carbocycles. The van der Waals surface area contributed by atoms with Gasteiger partial charge in [-0.05, 0) is 36.2 Å². The van der Waals surface area contributed by atoms with Gasteiger partial charge in [0.2, 0.25) is 5.91 Å². The second kappa shape index (κ2) is 8.42. The SMILES string of the molecule is COC(=O)c1cc(C(=O)OC)cc(N2C(=O)CC(N3CCc4c([nH]c5ccccc45)C3)C2=O)c1. The van der Waals surface area contributed by atoms with E-state index in [2.05, 4.69) is 11.1 Å². The van der Waals surface area contributed by atoms with Crippen molar-refractivity contribution in [3.8, 4) is 0 Å². The molecule has 0 bridgehead atoms. The van der Waals surface area contributed by atoms with Gasteiger partial charge in [0, 0.05) is 29.7 Å². The predicted molar refractivity (Wildman–Crippen MR) is 122 cm³/mol. The molecule has 5 rings (SSSR count). The van der Waals surface area contributed by atoms with Crippen LogP contribution in [0.4, 0.5) is 5.69 Å². The molecule has 1 aromatic heterocycles. The molecule has 9 heteroatoms. The van der Waals surface area contributed by atoms with Crippen LogP contribution in [0.2, 0.25) is 0 Å². The first kappa shape index (κ1) is 21.8. The minimum Gasteiger partial charge on any atom is -0.465 e. The van der Waals surface area contributed by atoms with Gasteiger partial charge in [-0.25, -0.2) is 14.5 Å². The molecule has 1 unspecified atom stereocenters. The number of H-pyrrole nitrogens is 1. The lowest BCUT2D eigenvalue weighted by molar-refractivity contribution is -0.123. The maximum atomic E-state index is 13.4. The van der Waals surface area contributed by atoms with E-state index in [4.69, 9.17) is 9.47 Å². The quantitative estimate of drug-likeness (QED) is 0.470. The smallest absolute Gasteiger partial charge is 0.337 e. The number of ether oxygens (including phenoxy) is 2. The lowest BCUT2D eigenvalue weighted by Crippen LogP contribution is -2.44. The van der Waals surface area contributed by atoms with Gasteiger partial charge in [-0.15, -0.1) is 0 Å². The van der Waals surface area contributed by atoms with Crippen molar-refractivity contribution < 1.29 is 28.7 Å². The molecular weight excluding hydrogens is 438 g/mol. The van der Waals surface area contributed by atoms with Gasteiger partial charge in [0.15, 0.2) is 0 Å². The molecule has 2 aromatic carbocycles. The molecule has 0 radical (unpaired) electrons. The van der Waals surface area contributed by atoms with Gasteiger partial charge in [0.05, 0.1) is 43.5 Å². The Morgan fingerprint density at radius 1 is 1.00 bits per heavy atom. The lowest BCUT2D eigenvalue weighted by atomic mass is 10.0. The highest BCUT2D eigenvalue weighted by atomic mass is 16.5. The molecule has 2 aliphatic rings. The van der Waals surface area contributed by atoms with Gasteiger partial charge in [-0.1, -0.05) is 18.2 Å². The first-order chi connectivity index (χ1) is 16.4. The number of aromatic nitrogens is 1. The van der Waals surface area contributed by atoms with Crippen LogP contribution in [0.15, 0.2) is 42.5 Å². The number of hydrogen-bond acceptors (Lipinski definition) is 7. The standard InChI is InChI=1S/C25H23N3O6/c1-33-24(31)14-9-15(25(32)34-2)11-16(10-14)28-22(29)12-21(23(28)30)27-8-7-18-17-5-3-4-6-19(17)26-20(18)13-27/h3-6,9-11,21,26H,7-8,12-13H2,1-2H3. The van der Waals surface area contributed by atoms with Crippen molar-refractivity contribution in [2.75, 3.05) is 25.7 Å². The molecule has 3 heterocycles. The number of amides is 2. The Balaban J connectivity index is 1.45. The third-order valence-corrected chi connectivity index (χ3v) is 6.49. The third-order valence-electron chi connectivity index (χ3n) is 6.49. The zero-order valence-electron chi connectivity index (χ0n) is 18.8. The fraction of sp³-hybridized carbons (Fsp3) is 0.280. The van der Waals surface area contributed by atoms with Crippen LogP contribution in [-0.4, -0.2) is 60.4 Å². The summed E-state index contributed by atoms with van der Waals surface area (Å²) in [5.74, 6) is -2.16. The number of aromatic amines is 1. The van der Waals surface area contributed by atoms with Crippen LogP contribution in [0, 0.1) is 0 Å². The number of esters is 2. The zero-order chi connectivity index (χ0) is 24.0. The number of fused-ring (bicyclic) bond motifs is 3. The lowest BCUT2D eigenvalue weighted by Gasteiger charge is -2.30. The summed E-state index contributed by atoms with van der Waals surface area (Å²) < 4.78 is 9.52.